The fourth-order valence-corrected chi connectivity index (χ4v) is 9.08. The summed E-state index contributed by atoms with van der Waals surface area (Å²) in [6.07, 6.45) is -1.25. The van der Waals surface area contributed by atoms with Crippen molar-refractivity contribution in [2.24, 2.45) is 5.92 Å². The summed E-state index contributed by atoms with van der Waals surface area (Å²) >= 11 is 0. The van der Waals surface area contributed by atoms with Crippen molar-refractivity contribution in [1.82, 2.24) is 10.6 Å². The third-order valence-electron chi connectivity index (χ3n) is 6.19. The molecule has 34 heavy (non-hydrogen) atoms. The van der Waals surface area contributed by atoms with Gasteiger partial charge in [-0.15, -0.1) is 0 Å². The normalized spacial score (nSPS) is 13.8. The molecule has 0 saturated carbocycles. The average molecular weight is 487 g/mol. The quantitative estimate of drug-likeness (QED) is 0.355. The summed E-state index contributed by atoms with van der Waals surface area (Å²) in [5.41, 5.74) is 0. The number of rotatable bonds is 11. The van der Waals surface area contributed by atoms with E-state index in [1.54, 1.807) is 0 Å². The van der Waals surface area contributed by atoms with E-state index in [-0.39, 0.29) is 23.6 Å². The molecule has 2 amide bonds. The van der Waals surface area contributed by atoms with Crippen molar-refractivity contribution in [2.75, 3.05) is 6.61 Å². The van der Waals surface area contributed by atoms with E-state index in [1.165, 1.54) is 0 Å². The molecule has 0 radical (unpaired) electrons. The molecule has 8 heteroatoms. The van der Waals surface area contributed by atoms with Crippen LogP contribution in [0.3, 0.4) is 0 Å². The predicted molar refractivity (Wildman–Crippen MR) is 138 cm³/mol. The molecule has 2 atom stereocenters. The number of hydrogen-bond acceptors (Lipinski definition) is 3. The van der Waals surface area contributed by atoms with Crippen LogP contribution in [0.15, 0.2) is 60.7 Å². The number of hydrogen-bond donors (Lipinski definition) is 4. The Morgan fingerprint density at radius 3 is 1.71 bits per heavy atom. The Morgan fingerprint density at radius 2 is 1.32 bits per heavy atom. The van der Waals surface area contributed by atoms with Crippen molar-refractivity contribution in [2.45, 2.75) is 64.6 Å². The summed E-state index contributed by atoms with van der Waals surface area (Å²) < 4.78 is 6.88. The SMILES string of the molecule is CC(C)C(CCC(CO[Si](c1ccccc1)(c1ccccc1)C(C)(C)C)NC(=O)O)NC(=O)O. The third kappa shape index (κ3) is 7.08. The van der Waals surface area contributed by atoms with E-state index >= 15 is 0 Å². The molecule has 0 aliphatic heterocycles. The summed E-state index contributed by atoms with van der Waals surface area (Å²) in [6.45, 7) is 10.6. The average Bonchev–Trinajstić information content (AvgIpc) is 2.76. The van der Waals surface area contributed by atoms with Gasteiger partial charge in [-0.2, -0.15) is 0 Å². The van der Waals surface area contributed by atoms with E-state index in [1.807, 2.05) is 50.2 Å². The maximum atomic E-state index is 11.6. The van der Waals surface area contributed by atoms with Gasteiger partial charge in [-0.1, -0.05) is 95.3 Å². The highest BCUT2D eigenvalue weighted by Gasteiger charge is 2.50. The van der Waals surface area contributed by atoms with Gasteiger partial charge in [0.15, 0.2) is 0 Å². The smallest absolute Gasteiger partial charge is 0.404 e. The van der Waals surface area contributed by atoms with E-state index in [2.05, 4.69) is 55.7 Å². The molecule has 0 aliphatic carbocycles. The van der Waals surface area contributed by atoms with Crippen molar-refractivity contribution < 1.29 is 24.2 Å². The summed E-state index contributed by atoms with van der Waals surface area (Å²) in [6, 6.07) is 19.6. The van der Waals surface area contributed by atoms with E-state index in [4.69, 9.17) is 9.53 Å². The second-order valence-corrected chi connectivity index (χ2v) is 14.3. The standard InChI is InChI=1S/C26H38N2O5Si/c1-19(2)23(28-25(31)32)17-16-20(27-24(29)30)18-33-34(26(3,4)5,21-12-8-6-9-13-21)22-14-10-7-11-15-22/h6-15,19-20,23,27-28H,16-18H2,1-5H3,(H,29,30)(H,31,32). The van der Waals surface area contributed by atoms with Crippen molar-refractivity contribution in [1.29, 1.82) is 0 Å². The van der Waals surface area contributed by atoms with E-state index in [0.717, 1.165) is 10.4 Å². The van der Waals surface area contributed by atoms with Gasteiger partial charge in [-0.25, -0.2) is 9.59 Å². The first kappa shape index (κ1) is 27.4. The molecule has 2 rings (SSSR count). The van der Waals surface area contributed by atoms with Gasteiger partial charge in [0.25, 0.3) is 8.32 Å². The largest absolute Gasteiger partial charge is 0.465 e. The lowest BCUT2D eigenvalue weighted by molar-refractivity contribution is 0.171. The number of amides is 2. The van der Waals surface area contributed by atoms with Crippen LogP contribution in [-0.2, 0) is 4.43 Å². The van der Waals surface area contributed by atoms with Gasteiger partial charge in [0, 0.05) is 6.04 Å². The van der Waals surface area contributed by atoms with Gasteiger partial charge >= 0.3 is 12.2 Å². The van der Waals surface area contributed by atoms with Crippen LogP contribution in [0.1, 0.15) is 47.5 Å². The van der Waals surface area contributed by atoms with E-state index < -0.39 is 26.5 Å². The Kier molecular flexibility index (Phi) is 9.70. The Balaban J connectivity index is 2.38. The number of benzene rings is 2. The van der Waals surface area contributed by atoms with Crippen molar-refractivity contribution in [3.63, 3.8) is 0 Å². The molecule has 2 aromatic rings. The highest BCUT2D eigenvalue weighted by Crippen LogP contribution is 2.36. The van der Waals surface area contributed by atoms with Gasteiger partial charge in [-0.05, 0) is 34.2 Å². The second kappa shape index (κ2) is 12.0. The first-order valence-corrected chi connectivity index (χ1v) is 13.6. The maximum absolute atomic E-state index is 11.6. The fraction of sp³-hybridized carbons (Fsp3) is 0.462. The van der Waals surface area contributed by atoms with Crippen LogP contribution in [0.25, 0.3) is 0 Å². The molecule has 0 heterocycles. The zero-order valence-corrected chi connectivity index (χ0v) is 21.7. The summed E-state index contributed by atoms with van der Waals surface area (Å²) in [4.78, 5) is 22.7. The minimum atomic E-state index is -2.81. The van der Waals surface area contributed by atoms with Crippen molar-refractivity contribution >= 4 is 30.9 Å². The van der Waals surface area contributed by atoms with Crippen LogP contribution < -0.4 is 21.0 Å². The van der Waals surface area contributed by atoms with Gasteiger partial charge in [0.2, 0.25) is 0 Å². The summed E-state index contributed by atoms with van der Waals surface area (Å²) in [5, 5.41) is 25.8. The van der Waals surface area contributed by atoms with Crippen LogP contribution in [0.2, 0.25) is 5.04 Å². The zero-order valence-electron chi connectivity index (χ0n) is 20.7. The number of carbonyl (C=O) groups is 2. The topological polar surface area (TPSA) is 108 Å². The Labute approximate surface area is 203 Å². The van der Waals surface area contributed by atoms with Gasteiger partial charge < -0.3 is 25.3 Å². The van der Waals surface area contributed by atoms with Crippen molar-refractivity contribution in [3.05, 3.63) is 60.7 Å². The molecule has 186 valence electrons. The fourth-order valence-electron chi connectivity index (χ4n) is 4.47. The third-order valence-corrected chi connectivity index (χ3v) is 11.2. The molecule has 0 bridgehead atoms. The molecule has 0 aliphatic rings. The molecular formula is C26H38N2O5Si. The van der Waals surface area contributed by atoms with Crippen LogP contribution in [0.5, 0.6) is 0 Å². The zero-order chi connectivity index (χ0) is 25.4. The van der Waals surface area contributed by atoms with Crippen LogP contribution in [0, 0.1) is 5.92 Å². The first-order chi connectivity index (χ1) is 16.0. The van der Waals surface area contributed by atoms with E-state index in [9.17, 15) is 14.7 Å². The number of carboxylic acid groups (broad SMARTS) is 2. The lowest BCUT2D eigenvalue weighted by Crippen LogP contribution is -2.67. The second-order valence-electron chi connectivity index (χ2n) is 10.00. The molecule has 0 fully saturated rings. The first-order valence-electron chi connectivity index (χ1n) is 11.7. The Hall–Kier alpha value is -2.84. The van der Waals surface area contributed by atoms with E-state index in [0.29, 0.717) is 12.8 Å². The molecule has 4 N–H and O–H groups in total. The molecule has 2 unspecified atom stereocenters. The van der Waals surface area contributed by atoms with Gasteiger partial charge in [0.05, 0.1) is 12.6 Å². The Bertz CT molecular complexity index is 876. The lowest BCUT2D eigenvalue weighted by atomic mass is 9.97. The lowest BCUT2D eigenvalue weighted by Gasteiger charge is -2.43. The molecule has 7 nitrogen and oxygen atoms in total. The summed E-state index contributed by atoms with van der Waals surface area (Å²) in [5.74, 6) is 0.0826. The van der Waals surface area contributed by atoms with Gasteiger partial charge in [-0.3, -0.25) is 0 Å². The van der Waals surface area contributed by atoms with Crippen molar-refractivity contribution in [3.8, 4) is 0 Å². The summed E-state index contributed by atoms with van der Waals surface area (Å²) in [7, 11) is -2.81. The minimum Gasteiger partial charge on any atom is -0.465 e. The van der Waals surface area contributed by atoms with Crippen LogP contribution in [0.4, 0.5) is 9.59 Å². The highest BCUT2D eigenvalue weighted by atomic mass is 28.4. The van der Waals surface area contributed by atoms with Crippen LogP contribution >= 0.6 is 0 Å². The molecule has 2 aromatic carbocycles. The highest BCUT2D eigenvalue weighted by molar-refractivity contribution is 6.99. The van der Waals surface area contributed by atoms with Crippen LogP contribution in [-0.4, -0.2) is 49.4 Å². The molecule has 0 saturated heterocycles. The predicted octanol–water partition coefficient (Wildman–Crippen LogP) is 4.27. The molecular weight excluding hydrogens is 448 g/mol. The minimum absolute atomic E-state index is 0.0826. The van der Waals surface area contributed by atoms with Gasteiger partial charge in [0.1, 0.15) is 0 Å². The Morgan fingerprint density at radius 1 is 0.853 bits per heavy atom. The monoisotopic (exact) mass is 486 g/mol. The number of nitrogens with one attached hydrogen (secondary N) is 2. The molecule has 0 spiro atoms. The maximum Gasteiger partial charge on any atom is 0.404 e. The molecule has 0 aromatic heterocycles.